The number of Topliss-reactive ketones (excluding diaryl/α,β-unsaturated/α-hetero) is 1. The Balaban J connectivity index is 1.64. The van der Waals surface area contributed by atoms with Crippen molar-refractivity contribution in [3.8, 4) is 0 Å². The Morgan fingerprint density at radius 2 is 1.80 bits per heavy atom. The van der Waals surface area contributed by atoms with Crippen LogP contribution in [0.15, 0.2) is 82.7 Å². The fourth-order valence-corrected chi connectivity index (χ4v) is 3.72. The summed E-state index contributed by atoms with van der Waals surface area (Å²) in [6, 6.07) is 16.0. The zero-order valence-corrected chi connectivity index (χ0v) is 16.6. The van der Waals surface area contributed by atoms with Gasteiger partial charge in [-0.15, -0.1) is 0 Å². The molecule has 0 aliphatic carbocycles. The average molecular weight is 402 g/mol. The number of amides is 1. The minimum Gasteiger partial charge on any atom is -0.503 e. The molecule has 0 saturated heterocycles. The van der Waals surface area contributed by atoms with Crippen LogP contribution in [0.25, 0.3) is 0 Å². The number of rotatable bonds is 7. The van der Waals surface area contributed by atoms with Crippen molar-refractivity contribution >= 4 is 11.7 Å². The smallest absolute Gasteiger partial charge is 0.290 e. The number of hydrogen-bond acceptors (Lipinski definition) is 5. The molecule has 152 valence electrons. The molecule has 1 N–H and O–H groups in total. The van der Waals surface area contributed by atoms with Gasteiger partial charge in [0, 0.05) is 25.4 Å². The SMILES string of the molecule is Cc1ccc(C2C(C(=O)CCc3ccccc3)=C(O)C(=O)N2Cc2ccncc2)o1. The highest BCUT2D eigenvalue weighted by Crippen LogP contribution is 2.40. The molecule has 0 saturated carbocycles. The van der Waals surface area contributed by atoms with E-state index in [1.54, 1.807) is 43.6 Å². The molecule has 6 nitrogen and oxygen atoms in total. The molecule has 1 aliphatic heterocycles. The number of carbonyl (C=O) groups is 2. The molecule has 6 heteroatoms. The maximum absolute atomic E-state index is 13.1. The van der Waals surface area contributed by atoms with E-state index in [-0.39, 0.29) is 24.3 Å². The van der Waals surface area contributed by atoms with Crippen LogP contribution in [0.4, 0.5) is 0 Å². The van der Waals surface area contributed by atoms with Gasteiger partial charge in [0.1, 0.15) is 17.6 Å². The van der Waals surface area contributed by atoms with Gasteiger partial charge in [0.25, 0.3) is 5.91 Å². The molecule has 3 aromatic rings. The first kappa shape index (κ1) is 19.6. The van der Waals surface area contributed by atoms with Crippen molar-refractivity contribution in [2.24, 2.45) is 0 Å². The topological polar surface area (TPSA) is 83.6 Å². The Morgan fingerprint density at radius 3 is 2.47 bits per heavy atom. The number of aliphatic hydroxyl groups is 1. The van der Waals surface area contributed by atoms with Crippen LogP contribution in [0.5, 0.6) is 0 Å². The number of aromatic nitrogens is 1. The molecule has 1 aromatic carbocycles. The molecule has 0 fully saturated rings. The summed E-state index contributed by atoms with van der Waals surface area (Å²) in [5, 5.41) is 10.6. The predicted molar refractivity (Wildman–Crippen MR) is 110 cm³/mol. The lowest BCUT2D eigenvalue weighted by molar-refractivity contribution is -0.130. The van der Waals surface area contributed by atoms with Gasteiger partial charge < -0.3 is 14.4 Å². The second-order valence-electron chi connectivity index (χ2n) is 7.31. The van der Waals surface area contributed by atoms with Crippen LogP contribution in [0, 0.1) is 6.92 Å². The number of pyridine rings is 1. The van der Waals surface area contributed by atoms with Crippen molar-refractivity contribution in [2.75, 3.05) is 0 Å². The quantitative estimate of drug-likeness (QED) is 0.644. The average Bonchev–Trinajstić information content (AvgIpc) is 3.30. The summed E-state index contributed by atoms with van der Waals surface area (Å²) in [6.07, 6.45) is 4.00. The number of aryl methyl sites for hydroxylation is 2. The van der Waals surface area contributed by atoms with Crippen LogP contribution in [0.3, 0.4) is 0 Å². The predicted octanol–water partition coefficient (Wildman–Crippen LogP) is 4.08. The van der Waals surface area contributed by atoms with Gasteiger partial charge in [-0.3, -0.25) is 14.6 Å². The molecule has 1 atom stereocenters. The maximum Gasteiger partial charge on any atom is 0.290 e. The van der Waals surface area contributed by atoms with Gasteiger partial charge >= 0.3 is 0 Å². The molecule has 0 bridgehead atoms. The second kappa shape index (κ2) is 8.37. The van der Waals surface area contributed by atoms with Gasteiger partial charge in [-0.1, -0.05) is 30.3 Å². The normalized spacial score (nSPS) is 16.4. The van der Waals surface area contributed by atoms with Gasteiger partial charge in [-0.2, -0.15) is 0 Å². The third-order valence-corrected chi connectivity index (χ3v) is 5.22. The van der Waals surface area contributed by atoms with Crippen molar-refractivity contribution in [1.29, 1.82) is 0 Å². The molecule has 1 amide bonds. The number of carbonyl (C=O) groups excluding carboxylic acids is 2. The van der Waals surface area contributed by atoms with Crippen molar-refractivity contribution in [2.45, 2.75) is 32.4 Å². The Hall–Kier alpha value is -3.67. The molecular formula is C24H22N2O4. The highest BCUT2D eigenvalue weighted by molar-refractivity contribution is 6.08. The first-order valence-electron chi connectivity index (χ1n) is 9.81. The van der Waals surface area contributed by atoms with Crippen LogP contribution in [0.1, 0.15) is 35.1 Å². The molecule has 2 aromatic heterocycles. The largest absolute Gasteiger partial charge is 0.503 e. The lowest BCUT2D eigenvalue weighted by Gasteiger charge is -2.25. The first-order valence-corrected chi connectivity index (χ1v) is 9.81. The van der Waals surface area contributed by atoms with Gasteiger partial charge in [-0.05, 0) is 48.7 Å². The molecule has 4 rings (SSSR count). The Kier molecular flexibility index (Phi) is 5.48. The first-order chi connectivity index (χ1) is 14.5. The highest BCUT2D eigenvalue weighted by atomic mass is 16.3. The second-order valence-corrected chi connectivity index (χ2v) is 7.31. The number of nitrogens with zero attached hydrogens (tertiary/aromatic N) is 2. The van der Waals surface area contributed by atoms with E-state index in [1.807, 2.05) is 30.3 Å². The summed E-state index contributed by atoms with van der Waals surface area (Å²) in [5.74, 6) is -0.207. The minimum absolute atomic E-state index is 0.0966. The Labute approximate surface area is 174 Å². The molecule has 3 heterocycles. The number of furan rings is 1. The van der Waals surface area contributed by atoms with E-state index in [2.05, 4.69) is 4.98 Å². The van der Waals surface area contributed by atoms with Crippen LogP contribution >= 0.6 is 0 Å². The van der Waals surface area contributed by atoms with E-state index < -0.39 is 17.7 Å². The third kappa shape index (κ3) is 3.89. The molecule has 1 aliphatic rings. The van der Waals surface area contributed by atoms with Gasteiger partial charge in [0.15, 0.2) is 11.5 Å². The van der Waals surface area contributed by atoms with E-state index >= 15 is 0 Å². The van der Waals surface area contributed by atoms with Crippen LogP contribution < -0.4 is 0 Å². The van der Waals surface area contributed by atoms with Crippen LogP contribution in [-0.4, -0.2) is 26.7 Å². The van der Waals surface area contributed by atoms with Gasteiger partial charge in [0.05, 0.1) is 5.57 Å². The maximum atomic E-state index is 13.1. The fraction of sp³-hybridized carbons (Fsp3) is 0.208. The standard InChI is InChI=1S/C24H22N2O4/c1-16-7-10-20(30-16)22-21(19(27)9-8-17-5-3-2-4-6-17)23(28)24(29)26(22)15-18-11-13-25-14-12-18/h2-7,10-14,22,28H,8-9,15H2,1H3. The lowest BCUT2D eigenvalue weighted by atomic mass is 9.96. The fourth-order valence-electron chi connectivity index (χ4n) is 3.72. The zero-order valence-electron chi connectivity index (χ0n) is 16.6. The molecule has 30 heavy (non-hydrogen) atoms. The van der Waals surface area contributed by atoms with E-state index in [0.717, 1.165) is 11.1 Å². The Morgan fingerprint density at radius 1 is 1.07 bits per heavy atom. The minimum atomic E-state index is -0.761. The van der Waals surface area contributed by atoms with E-state index in [0.29, 0.717) is 17.9 Å². The lowest BCUT2D eigenvalue weighted by Crippen LogP contribution is -2.30. The highest BCUT2D eigenvalue weighted by Gasteiger charge is 2.44. The van der Waals surface area contributed by atoms with Gasteiger partial charge in [0.2, 0.25) is 0 Å². The van der Waals surface area contributed by atoms with E-state index in [1.165, 1.54) is 4.90 Å². The third-order valence-electron chi connectivity index (χ3n) is 5.22. The van der Waals surface area contributed by atoms with Crippen LogP contribution in [-0.2, 0) is 22.6 Å². The van der Waals surface area contributed by atoms with Crippen molar-refractivity contribution in [3.05, 3.63) is 101 Å². The number of aliphatic hydroxyl groups excluding tert-OH is 1. The number of benzene rings is 1. The zero-order chi connectivity index (χ0) is 21.1. The van der Waals surface area contributed by atoms with Gasteiger partial charge in [-0.25, -0.2) is 0 Å². The van der Waals surface area contributed by atoms with E-state index in [4.69, 9.17) is 4.42 Å². The summed E-state index contributed by atoms with van der Waals surface area (Å²) in [6.45, 7) is 2.03. The molecule has 1 unspecified atom stereocenters. The Bertz CT molecular complexity index is 1090. The monoisotopic (exact) mass is 402 g/mol. The van der Waals surface area contributed by atoms with Crippen molar-refractivity contribution in [1.82, 2.24) is 9.88 Å². The summed E-state index contributed by atoms with van der Waals surface area (Å²) in [7, 11) is 0. The summed E-state index contributed by atoms with van der Waals surface area (Å²) in [4.78, 5) is 31.5. The summed E-state index contributed by atoms with van der Waals surface area (Å²) >= 11 is 0. The number of hydrogen-bond donors (Lipinski definition) is 1. The molecular weight excluding hydrogens is 380 g/mol. The van der Waals surface area contributed by atoms with Crippen LogP contribution in [0.2, 0.25) is 0 Å². The number of ketones is 1. The van der Waals surface area contributed by atoms with Crippen molar-refractivity contribution < 1.29 is 19.1 Å². The molecule has 0 radical (unpaired) electrons. The summed E-state index contributed by atoms with van der Waals surface area (Å²) in [5.41, 5.74) is 1.96. The van der Waals surface area contributed by atoms with Crippen molar-refractivity contribution in [3.63, 3.8) is 0 Å². The summed E-state index contributed by atoms with van der Waals surface area (Å²) < 4.78 is 5.77. The molecule has 0 spiro atoms. The van der Waals surface area contributed by atoms with E-state index in [9.17, 15) is 14.7 Å².